The second-order valence-corrected chi connectivity index (χ2v) is 6.20. The van der Waals surface area contributed by atoms with Crippen molar-refractivity contribution < 1.29 is 18.7 Å². The lowest BCUT2D eigenvalue weighted by Crippen LogP contribution is -2.40. The number of carbonyl (C=O) groups excluding carboxylic acids is 2. The molecule has 2 rings (SSSR count). The maximum absolute atomic E-state index is 12.4. The average Bonchev–Trinajstić information content (AvgIpc) is 3.08. The van der Waals surface area contributed by atoms with Gasteiger partial charge < -0.3 is 19.4 Å². The van der Waals surface area contributed by atoms with Crippen molar-refractivity contribution in [3.05, 3.63) is 52.4 Å². The standard InChI is InChI=1S/C18H21BrN2O4/c1-3-20-17(22)11-21(4-2)18(23)16-10-9-15(25-16)12-24-14-7-5-13(19)6-8-14/h5-10H,3-4,11-12H2,1-2H3,(H,20,22). The number of hydrogen-bond acceptors (Lipinski definition) is 4. The van der Waals surface area contributed by atoms with Gasteiger partial charge in [-0.1, -0.05) is 15.9 Å². The number of nitrogens with one attached hydrogen (secondary N) is 1. The van der Waals surface area contributed by atoms with Crippen LogP contribution in [-0.2, 0) is 11.4 Å². The van der Waals surface area contributed by atoms with Crippen LogP contribution in [0.15, 0.2) is 45.3 Å². The summed E-state index contributed by atoms with van der Waals surface area (Å²) < 4.78 is 12.1. The Bertz CT molecular complexity index is 712. The van der Waals surface area contributed by atoms with Crippen molar-refractivity contribution in [2.45, 2.75) is 20.5 Å². The van der Waals surface area contributed by atoms with Crippen LogP contribution in [0.25, 0.3) is 0 Å². The molecule has 7 heteroatoms. The van der Waals surface area contributed by atoms with Crippen molar-refractivity contribution in [1.29, 1.82) is 0 Å². The zero-order valence-electron chi connectivity index (χ0n) is 14.3. The van der Waals surface area contributed by atoms with Crippen LogP contribution in [-0.4, -0.2) is 36.3 Å². The first-order chi connectivity index (χ1) is 12.0. The molecule has 1 aromatic heterocycles. The number of carbonyl (C=O) groups is 2. The number of amides is 2. The molecule has 0 saturated heterocycles. The van der Waals surface area contributed by atoms with Crippen LogP contribution in [0, 0.1) is 0 Å². The second kappa shape index (κ2) is 9.27. The van der Waals surface area contributed by atoms with Gasteiger partial charge in [0.15, 0.2) is 5.76 Å². The number of ether oxygens (including phenoxy) is 1. The molecule has 0 radical (unpaired) electrons. The molecule has 134 valence electrons. The van der Waals surface area contributed by atoms with E-state index in [0.29, 0.717) is 24.6 Å². The normalized spacial score (nSPS) is 10.4. The van der Waals surface area contributed by atoms with Gasteiger partial charge in [0.2, 0.25) is 5.91 Å². The predicted molar refractivity (Wildman–Crippen MR) is 97.4 cm³/mol. The summed E-state index contributed by atoms with van der Waals surface area (Å²) in [5.41, 5.74) is 0. The van der Waals surface area contributed by atoms with Gasteiger partial charge in [0.25, 0.3) is 5.91 Å². The number of benzene rings is 1. The van der Waals surface area contributed by atoms with Gasteiger partial charge in [-0.2, -0.15) is 0 Å². The number of hydrogen-bond donors (Lipinski definition) is 1. The van der Waals surface area contributed by atoms with Crippen LogP contribution >= 0.6 is 15.9 Å². The van der Waals surface area contributed by atoms with Gasteiger partial charge in [-0.25, -0.2) is 0 Å². The van der Waals surface area contributed by atoms with Crippen LogP contribution in [0.2, 0.25) is 0 Å². The second-order valence-electron chi connectivity index (χ2n) is 5.28. The highest BCUT2D eigenvalue weighted by Gasteiger charge is 2.20. The Labute approximate surface area is 155 Å². The quantitative estimate of drug-likeness (QED) is 0.727. The van der Waals surface area contributed by atoms with Gasteiger partial charge >= 0.3 is 0 Å². The number of rotatable bonds is 8. The maximum Gasteiger partial charge on any atom is 0.290 e. The number of likely N-dealkylation sites (N-methyl/N-ethyl adjacent to an activating group) is 2. The van der Waals surface area contributed by atoms with Gasteiger partial charge in [0.1, 0.15) is 18.1 Å². The molecule has 1 heterocycles. The lowest BCUT2D eigenvalue weighted by Gasteiger charge is -2.18. The Morgan fingerprint density at radius 3 is 2.52 bits per heavy atom. The minimum atomic E-state index is -0.316. The van der Waals surface area contributed by atoms with E-state index in [1.54, 1.807) is 12.1 Å². The zero-order chi connectivity index (χ0) is 18.2. The third kappa shape index (κ3) is 5.63. The molecular formula is C18H21BrN2O4. The first kappa shape index (κ1) is 19.1. The molecule has 1 N–H and O–H groups in total. The van der Waals surface area contributed by atoms with Gasteiger partial charge in [-0.3, -0.25) is 9.59 Å². The minimum Gasteiger partial charge on any atom is -0.486 e. The Morgan fingerprint density at radius 1 is 1.16 bits per heavy atom. The summed E-state index contributed by atoms with van der Waals surface area (Å²) in [6.45, 7) is 4.83. The highest BCUT2D eigenvalue weighted by Crippen LogP contribution is 2.18. The third-order valence-electron chi connectivity index (χ3n) is 3.44. The van der Waals surface area contributed by atoms with E-state index in [2.05, 4.69) is 21.2 Å². The summed E-state index contributed by atoms with van der Waals surface area (Å²) in [6.07, 6.45) is 0. The Morgan fingerprint density at radius 2 is 1.88 bits per heavy atom. The molecule has 0 fully saturated rings. The Kier molecular flexibility index (Phi) is 7.06. The first-order valence-corrected chi connectivity index (χ1v) is 8.85. The van der Waals surface area contributed by atoms with Crippen molar-refractivity contribution in [2.75, 3.05) is 19.6 Å². The van der Waals surface area contributed by atoms with Crippen molar-refractivity contribution in [3.8, 4) is 5.75 Å². The van der Waals surface area contributed by atoms with E-state index in [0.717, 1.165) is 4.47 Å². The number of furan rings is 1. The fraction of sp³-hybridized carbons (Fsp3) is 0.333. The molecule has 0 aliphatic rings. The fourth-order valence-corrected chi connectivity index (χ4v) is 2.43. The maximum atomic E-state index is 12.4. The zero-order valence-corrected chi connectivity index (χ0v) is 15.8. The minimum absolute atomic E-state index is 0.00853. The van der Waals surface area contributed by atoms with Crippen molar-refractivity contribution in [2.24, 2.45) is 0 Å². The van der Waals surface area contributed by atoms with E-state index < -0.39 is 0 Å². The summed E-state index contributed by atoms with van der Waals surface area (Å²) in [6, 6.07) is 10.7. The summed E-state index contributed by atoms with van der Waals surface area (Å²) in [7, 11) is 0. The summed E-state index contributed by atoms with van der Waals surface area (Å²) in [5, 5.41) is 2.68. The SMILES string of the molecule is CCNC(=O)CN(CC)C(=O)c1ccc(COc2ccc(Br)cc2)o1. The lowest BCUT2D eigenvalue weighted by molar-refractivity contribution is -0.121. The van der Waals surface area contributed by atoms with Crippen LogP contribution in [0.3, 0.4) is 0 Å². The van der Waals surface area contributed by atoms with Gasteiger partial charge in [0, 0.05) is 17.6 Å². The fourth-order valence-electron chi connectivity index (χ4n) is 2.17. The summed E-state index contributed by atoms with van der Waals surface area (Å²) in [4.78, 5) is 25.6. The Balaban J connectivity index is 1.95. The van der Waals surface area contributed by atoms with Crippen LogP contribution < -0.4 is 10.1 Å². The van der Waals surface area contributed by atoms with E-state index in [-0.39, 0.29) is 30.7 Å². The molecule has 25 heavy (non-hydrogen) atoms. The lowest BCUT2D eigenvalue weighted by atomic mass is 10.3. The van der Waals surface area contributed by atoms with Gasteiger partial charge in [-0.15, -0.1) is 0 Å². The van der Waals surface area contributed by atoms with E-state index >= 15 is 0 Å². The van der Waals surface area contributed by atoms with Crippen molar-refractivity contribution in [3.63, 3.8) is 0 Å². The van der Waals surface area contributed by atoms with E-state index in [9.17, 15) is 9.59 Å². The molecule has 6 nitrogen and oxygen atoms in total. The topological polar surface area (TPSA) is 71.8 Å². The molecule has 0 atom stereocenters. The van der Waals surface area contributed by atoms with E-state index in [4.69, 9.17) is 9.15 Å². The summed E-state index contributed by atoms with van der Waals surface area (Å²) >= 11 is 3.36. The molecule has 0 aliphatic carbocycles. The molecular weight excluding hydrogens is 388 g/mol. The van der Waals surface area contributed by atoms with E-state index in [1.165, 1.54) is 4.90 Å². The van der Waals surface area contributed by atoms with Crippen molar-refractivity contribution >= 4 is 27.7 Å². The number of nitrogens with zero attached hydrogens (tertiary/aromatic N) is 1. The van der Waals surface area contributed by atoms with E-state index in [1.807, 2.05) is 38.1 Å². The first-order valence-electron chi connectivity index (χ1n) is 8.06. The van der Waals surface area contributed by atoms with Crippen LogP contribution in [0.4, 0.5) is 0 Å². The Hall–Kier alpha value is -2.28. The molecule has 0 unspecified atom stereocenters. The van der Waals surface area contributed by atoms with Gasteiger partial charge in [0.05, 0.1) is 6.54 Å². The molecule has 2 aromatic rings. The predicted octanol–water partition coefficient (Wildman–Crippen LogP) is 3.22. The molecule has 0 aliphatic heterocycles. The molecule has 2 amide bonds. The largest absolute Gasteiger partial charge is 0.486 e. The van der Waals surface area contributed by atoms with Gasteiger partial charge in [-0.05, 0) is 50.2 Å². The highest BCUT2D eigenvalue weighted by atomic mass is 79.9. The smallest absolute Gasteiger partial charge is 0.290 e. The molecule has 0 saturated carbocycles. The highest BCUT2D eigenvalue weighted by molar-refractivity contribution is 9.10. The molecule has 0 bridgehead atoms. The summed E-state index contributed by atoms with van der Waals surface area (Å²) in [5.74, 6) is 0.937. The monoisotopic (exact) mass is 408 g/mol. The van der Waals surface area contributed by atoms with Crippen LogP contribution in [0.1, 0.15) is 30.2 Å². The average molecular weight is 409 g/mol. The van der Waals surface area contributed by atoms with Crippen molar-refractivity contribution in [1.82, 2.24) is 10.2 Å². The van der Waals surface area contributed by atoms with Crippen LogP contribution in [0.5, 0.6) is 5.75 Å². The molecule has 1 aromatic carbocycles. The number of halogens is 1. The third-order valence-corrected chi connectivity index (χ3v) is 3.97. The molecule has 0 spiro atoms.